The van der Waals surface area contributed by atoms with Crippen molar-refractivity contribution in [3.8, 4) is 5.75 Å². The van der Waals surface area contributed by atoms with Gasteiger partial charge in [-0.15, -0.1) is 0 Å². The average Bonchev–Trinajstić information content (AvgIpc) is 2.94. The molecule has 0 aromatic heterocycles. The second-order valence-corrected chi connectivity index (χ2v) is 13.4. The van der Waals surface area contributed by atoms with Crippen LogP contribution in [0.2, 0.25) is 0 Å². The molecule has 2 amide bonds. The fourth-order valence-corrected chi connectivity index (χ4v) is 6.16. The fourth-order valence-electron chi connectivity index (χ4n) is 4.54. The summed E-state index contributed by atoms with van der Waals surface area (Å²) in [4.78, 5) is 28.0. The smallest absolute Gasteiger partial charge is 0.243 e. The predicted octanol–water partition coefficient (Wildman–Crippen LogP) is 2.52. The Hall–Kier alpha value is -2.99. The summed E-state index contributed by atoms with van der Waals surface area (Å²) in [5.41, 5.74) is 0.868. The van der Waals surface area contributed by atoms with E-state index in [1.165, 1.54) is 23.5 Å². The second kappa shape index (κ2) is 16.6. The molecule has 11 heteroatoms. The normalized spacial score (nSPS) is 14.8. The molecule has 10 nitrogen and oxygen atoms in total. The molecule has 1 unspecified atom stereocenters. The first-order valence-electron chi connectivity index (χ1n) is 14.4. The summed E-state index contributed by atoms with van der Waals surface area (Å²) in [7, 11) is 1.08. The summed E-state index contributed by atoms with van der Waals surface area (Å²) in [6.07, 6.45) is -0.324. The maximum absolute atomic E-state index is 13.7. The molecule has 0 aliphatic carbocycles. The first-order chi connectivity index (χ1) is 19.8. The lowest BCUT2D eigenvalue weighted by molar-refractivity contribution is -0.131. The molecule has 0 saturated carbocycles. The highest BCUT2D eigenvalue weighted by Gasteiger charge is 2.34. The fraction of sp³-hybridized carbons (Fsp3) is 0.548. The molecule has 0 radical (unpaired) electrons. The molecular formula is C31H48N4O6S. The lowest BCUT2D eigenvalue weighted by Crippen LogP contribution is -2.57. The van der Waals surface area contributed by atoms with Gasteiger partial charge in [-0.05, 0) is 62.2 Å². The van der Waals surface area contributed by atoms with Gasteiger partial charge in [0, 0.05) is 13.1 Å². The molecule has 2 aromatic carbocycles. The van der Waals surface area contributed by atoms with E-state index in [1.54, 1.807) is 31.1 Å². The number of amides is 2. The van der Waals surface area contributed by atoms with Crippen molar-refractivity contribution in [1.82, 2.24) is 19.8 Å². The van der Waals surface area contributed by atoms with Gasteiger partial charge >= 0.3 is 0 Å². The molecule has 0 bridgehead atoms. The van der Waals surface area contributed by atoms with E-state index in [2.05, 4.69) is 10.6 Å². The summed E-state index contributed by atoms with van der Waals surface area (Å²) in [5, 5.41) is 17.3. The Morgan fingerprint density at radius 1 is 0.952 bits per heavy atom. The lowest BCUT2D eigenvalue weighted by Gasteiger charge is -2.32. The number of rotatable bonds is 17. The molecule has 0 fully saturated rings. The molecule has 42 heavy (non-hydrogen) atoms. The predicted molar refractivity (Wildman–Crippen MR) is 165 cm³/mol. The number of likely N-dealkylation sites (N-methyl/N-ethyl adjacent to an activating group) is 1. The number of aliphatic hydroxyl groups excluding tert-OH is 1. The molecule has 3 N–H and O–H groups in total. The molecule has 234 valence electrons. The van der Waals surface area contributed by atoms with Gasteiger partial charge in [0.05, 0.1) is 30.7 Å². The molecular weight excluding hydrogens is 556 g/mol. The van der Waals surface area contributed by atoms with Crippen molar-refractivity contribution in [2.75, 3.05) is 40.8 Å². The van der Waals surface area contributed by atoms with Crippen LogP contribution in [0.5, 0.6) is 5.75 Å². The van der Waals surface area contributed by atoms with E-state index in [0.29, 0.717) is 12.2 Å². The molecule has 2 aromatic rings. The third-order valence-corrected chi connectivity index (χ3v) is 8.86. The summed E-state index contributed by atoms with van der Waals surface area (Å²) in [6.45, 7) is 7.70. The third kappa shape index (κ3) is 10.7. The van der Waals surface area contributed by atoms with E-state index in [1.807, 2.05) is 58.0 Å². The van der Waals surface area contributed by atoms with Crippen LogP contribution in [0.25, 0.3) is 0 Å². The summed E-state index contributed by atoms with van der Waals surface area (Å²) >= 11 is 0. The molecule has 4 atom stereocenters. The van der Waals surface area contributed by atoms with Crippen LogP contribution in [0, 0.1) is 11.8 Å². The van der Waals surface area contributed by atoms with Gasteiger partial charge in [-0.25, -0.2) is 8.42 Å². The molecule has 0 spiro atoms. The van der Waals surface area contributed by atoms with E-state index in [4.69, 9.17) is 4.74 Å². The van der Waals surface area contributed by atoms with Crippen molar-refractivity contribution in [3.05, 3.63) is 60.2 Å². The van der Waals surface area contributed by atoms with Crippen LogP contribution in [0.15, 0.2) is 59.5 Å². The number of carbonyl (C=O) groups excluding carboxylic acids is 2. The number of aliphatic hydroxyl groups is 1. The van der Waals surface area contributed by atoms with Crippen LogP contribution < -0.4 is 15.4 Å². The topological polar surface area (TPSA) is 128 Å². The molecule has 0 heterocycles. The van der Waals surface area contributed by atoms with Crippen molar-refractivity contribution in [2.24, 2.45) is 11.8 Å². The Morgan fingerprint density at radius 3 is 2.10 bits per heavy atom. The van der Waals surface area contributed by atoms with Crippen LogP contribution in [0.1, 0.15) is 39.7 Å². The number of ether oxygens (including phenoxy) is 1. The van der Waals surface area contributed by atoms with Gasteiger partial charge in [0.2, 0.25) is 21.8 Å². The Kier molecular flexibility index (Phi) is 13.9. The summed E-state index contributed by atoms with van der Waals surface area (Å²) < 4.78 is 33.8. The molecule has 0 aliphatic rings. The largest absolute Gasteiger partial charge is 0.497 e. The Balaban J connectivity index is 2.38. The standard InChI is InChI=1S/C31H48N4O6S/c1-8-23(4)30(33-29(37)21-34(5)6)31(38)32-27(18-24-12-10-9-11-13-24)28(36)20-35(19-22(2)3)42(39,40)26-16-14-25(41-7)15-17-26/h9-17,22-23,27-28,30,36H,8,18-21H2,1-7H3,(H,32,38)(H,33,37)/t23?,27-,28+,30-/m0/s1. The molecule has 0 aliphatic heterocycles. The Bertz CT molecular complexity index is 1220. The van der Waals surface area contributed by atoms with Crippen LogP contribution in [0.3, 0.4) is 0 Å². The summed E-state index contributed by atoms with van der Waals surface area (Å²) in [6, 6.07) is 13.8. The number of carbonyl (C=O) groups is 2. The number of benzene rings is 2. The van der Waals surface area contributed by atoms with Crippen LogP contribution in [-0.2, 0) is 26.0 Å². The first-order valence-corrected chi connectivity index (χ1v) is 15.8. The van der Waals surface area contributed by atoms with Gasteiger partial charge < -0.3 is 25.4 Å². The monoisotopic (exact) mass is 604 g/mol. The van der Waals surface area contributed by atoms with Crippen molar-refractivity contribution in [2.45, 2.75) is 63.6 Å². The highest BCUT2D eigenvalue weighted by molar-refractivity contribution is 7.89. The number of nitrogens with zero attached hydrogens (tertiary/aromatic N) is 2. The quantitative estimate of drug-likeness (QED) is 0.253. The maximum Gasteiger partial charge on any atom is 0.243 e. The van der Waals surface area contributed by atoms with Crippen molar-refractivity contribution in [1.29, 1.82) is 0 Å². The van der Waals surface area contributed by atoms with E-state index < -0.39 is 34.1 Å². The Labute approximate surface area is 251 Å². The van der Waals surface area contributed by atoms with Gasteiger partial charge in [0.1, 0.15) is 11.8 Å². The zero-order valence-electron chi connectivity index (χ0n) is 25.9. The molecule has 2 rings (SSSR count). The van der Waals surface area contributed by atoms with Crippen LogP contribution in [-0.4, -0.2) is 93.6 Å². The third-order valence-electron chi connectivity index (χ3n) is 7.02. The van der Waals surface area contributed by atoms with Gasteiger partial charge in [-0.1, -0.05) is 64.4 Å². The van der Waals surface area contributed by atoms with Crippen molar-refractivity contribution in [3.63, 3.8) is 0 Å². The zero-order chi connectivity index (χ0) is 31.4. The zero-order valence-corrected chi connectivity index (χ0v) is 26.7. The second-order valence-electron chi connectivity index (χ2n) is 11.4. The maximum atomic E-state index is 13.7. The highest BCUT2D eigenvalue weighted by atomic mass is 32.2. The van der Waals surface area contributed by atoms with E-state index in [-0.39, 0.29) is 48.7 Å². The minimum atomic E-state index is -3.97. The van der Waals surface area contributed by atoms with E-state index >= 15 is 0 Å². The number of hydrogen-bond donors (Lipinski definition) is 3. The van der Waals surface area contributed by atoms with Gasteiger partial charge in [0.25, 0.3) is 0 Å². The Morgan fingerprint density at radius 2 is 1.57 bits per heavy atom. The first kappa shape index (κ1) is 35.2. The highest BCUT2D eigenvalue weighted by Crippen LogP contribution is 2.22. The number of hydrogen-bond acceptors (Lipinski definition) is 7. The van der Waals surface area contributed by atoms with Crippen LogP contribution >= 0.6 is 0 Å². The van der Waals surface area contributed by atoms with Crippen molar-refractivity contribution < 1.29 is 27.9 Å². The SMILES string of the molecule is CCC(C)[C@H](NC(=O)CN(C)C)C(=O)N[C@@H](Cc1ccccc1)[C@H](O)CN(CC(C)C)S(=O)(=O)c1ccc(OC)cc1. The lowest BCUT2D eigenvalue weighted by atomic mass is 9.96. The van der Waals surface area contributed by atoms with E-state index in [0.717, 1.165) is 5.56 Å². The van der Waals surface area contributed by atoms with E-state index in [9.17, 15) is 23.1 Å². The number of methoxy groups -OCH3 is 1. The molecule has 0 saturated heterocycles. The average molecular weight is 605 g/mol. The minimum absolute atomic E-state index is 0.0194. The number of sulfonamides is 1. The van der Waals surface area contributed by atoms with Gasteiger partial charge in [-0.3, -0.25) is 9.59 Å². The van der Waals surface area contributed by atoms with Gasteiger partial charge in [0.15, 0.2) is 0 Å². The van der Waals surface area contributed by atoms with Gasteiger partial charge in [-0.2, -0.15) is 4.31 Å². The minimum Gasteiger partial charge on any atom is -0.497 e. The van der Waals surface area contributed by atoms with Crippen molar-refractivity contribution >= 4 is 21.8 Å². The summed E-state index contributed by atoms with van der Waals surface area (Å²) in [5.74, 6) is -0.365. The number of nitrogens with one attached hydrogen (secondary N) is 2. The van der Waals surface area contributed by atoms with Crippen LogP contribution in [0.4, 0.5) is 0 Å².